The average Bonchev–Trinajstić information content (AvgIpc) is 3.37. The second-order valence-electron chi connectivity index (χ2n) is 7.37. The van der Waals surface area contributed by atoms with E-state index in [1.807, 2.05) is 36.4 Å². The number of hydrogen-bond donors (Lipinski definition) is 0. The van der Waals surface area contributed by atoms with Crippen molar-refractivity contribution in [3.05, 3.63) is 94.7 Å². The van der Waals surface area contributed by atoms with Gasteiger partial charge in [0.05, 0.1) is 11.5 Å². The normalized spacial score (nSPS) is 17.6. The quantitative estimate of drug-likeness (QED) is 0.221. The van der Waals surface area contributed by atoms with Crippen LogP contribution in [0.1, 0.15) is 16.9 Å². The van der Waals surface area contributed by atoms with E-state index in [9.17, 15) is 4.79 Å². The molecule has 1 atom stereocenters. The van der Waals surface area contributed by atoms with Gasteiger partial charge in [0.15, 0.2) is 5.17 Å². The highest BCUT2D eigenvalue weighted by Crippen LogP contribution is 2.30. The molecule has 1 fully saturated rings. The van der Waals surface area contributed by atoms with Gasteiger partial charge in [0.25, 0.3) is 0 Å². The first kappa shape index (κ1) is 22.3. The maximum absolute atomic E-state index is 12.9. The Kier molecular flexibility index (Phi) is 7.07. The lowest BCUT2D eigenvalue weighted by molar-refractivity contribution is -0.125. The number of thioether (sulfide) groups is 1. The summed E-state index contributed by atoms with van der Waals surface area (Å²) in [5.74, 6) is 1.37. The van der Waals surface area contributed by atoms with Gasteiger partial charge in [-0.15, -0.1) is 11.7 Å². The number of hydrogen-bond acceptors (Lipinski definition) is 5. The third-order valence-corrected chi connectivity index (χ3v) is 6.65. The summed E-state index contributed by atoms with van der Waals surface area (Å²) < 4.78 is 6.85. The summed E-state index contributed by atoms with van der Waals surface area (Å²) in [6, 6.07) is 19.9. The van der Waals surface area contributed by atoms with Gasteiger partial charge in [-0.2, -0.15) is 5.10 Å². The Balaban J connectivity index is 1.47. The molecule has 162 valence electrons. The molecule has 2 aromatic carbocycles. The molecule has 32 heavy (non-hydrogen) atoms. The molecule has 1 aromatic heterocycles. The van der Waals surface area contributed by atoms with Crippen molar-refractivity contribution < 1.29 is 9.21 Å². The molecule has 1 amide bonds. The van der Waals surface area contributed by atoms with E-state index in [0.29, 0.717) is 23.9 Å². The maximum atomic E-state index is 12.9. The highest BCUT2D eigenvalue weighted by Gasteiger charge is 2.37. The average molecular weight is 508 g/mol. The zero-order chi connectivity index (χ0) is 22.5. The van der Waals surface area contributed by atoms with Crippen LogP contribution >= 0.6 is 27.7 Å². The van der Waals surface area contributed by atoms with E-state index in [2.05, 4.69) is 63.9 Å². The van der Waals surface area contributed by atoms with E-state index in [4.69, 9.17) is 4.42 Å². The fourth-order valence-electron chi connectivity index (χ4n) is 3.28. The van der Waals surface area contributed by atoms with Gasteiger partial charge < -0.3 is 4.42 Å². The minimum atomic E-state index is -0.223. The second kappa shape index (κ2) is 10.1. The van der Waals surface area contributed by atoms with Gasteiger partial charge in [0.2, 0.25) is 5.91 Å². The molecular weight excluding hydrogens is 486 g/mol. The van der Waals surface area contributed by atoms with Crippen LogP contribution in [-0.4, -0.2) is 34.0 Å². The fraction of sp³-hybridized carbons (Fsp3) is 0.160. The first-order valence-electron chi connectivity index (χ1n) is 10.1. The molecule has 4 rings (SSSR count). The highest BCUT2D eigenvalue weighted by molar-refractivity contribution is 9.10. The van der Waals surface area contributed by atoms with Crippen LogP contribution in [0.4, 0.5) is 0 Å². The van der Waals surface area contributed by atoms with Crippen molar-refractivity contribution in [3.63, 3.8) is 0 Å². The molecule has 3 aromatic rings. The first-order chi connectivity index (χ1) is 15.5. The maximum Gasteiger partial charge on any atom is 0.242 e. The van der Waals surface area contributed by atoms with Gasteiger partial charge in [0, 0.05) is 16.6 Å². The second-order valence-corrected chi connectivity index (χ2v) is 9.46. The Morgan fingerprint density at radius 2 is 1.88 bits per heavy atom. The van der Waals surface area contributed by atoms with Crippen LogP contribution < -0.4 is 0 Å². The molecule has 0 saturated carbocycles. The van der Waals surface area contributed by atoms with Crippen LogP contribution in [-0.2, 0) is 11.2 Å². The number of aryl methyl sites for hydroxylation is 1. The largest absolute Gasteiger partial charge is 0.455 e. The lowest BCUT2D eigenvalue weighted by atomic mass is 10.1. The number of amides is 1. The summed E-state index contributed by atoms with van der Waals surface area (Å²) in [6.45, 7) is 6.21. The Labute approximate surface area is 200 Å². The van der Waals surface area contributed by atoms with Crippen LogP contribution in [0.2, 0.25) is 0 Å². The van der Waals surface area contributed by atoms with E-state index < -0.39 is 0 Å². The Bertz CT molecular complexity index is 1170. The van der Waals surface area contributed by atoms with Crippen LogP contribution in [0, 0.1) is 6.92 Å². The molecule has 1 aliphatic heterocycles. The van der Waals surface area contributed by atoms with Crippen molar-refractivity contribution in [1.29, 1.82) is 0 Å². The monoisotopic (exact) mass is 507 g/mol. The Morgan fingerprint density at radius 3 is 2.59 bits per heavy atom. The molecule has 1 saturated heterocycles. The predicted molar refractivity (Wildman–Crippen MR) is 135 cm³/mol. The lowest BCUT2D eigenvalue weighted by Crippen LogP contribution is -2.32. The van der Waals surface area contributed by atoms with Crippen molar-refractivity contribution in [3.8, 4) is 11.3 Å². The number of benzene rings is 2. The molecule has 2 heterocycles. The van der Waals surface area contributed by atoms with Crippen molar-refractivity contribution >= 4 is 45.0 Å². The van der Waals surface area contributed by atoms with Crippen molar-refractivity contribution in [2.24, 2.45) is 10.2 Å². The van der Waals surface area contributed by atoms with Crippen LogP contribution in [0.3, 0.4) is 0 Å². The first-order valence-corrected chi connectivity index (χ1v) is 11.8. The molecule has 1 unspecified atom stereocenters. The molecule has 0 spiro atoms. The van der Waals surface area contributed by atoms with E-state index in [0.717, 1.165) is 21.4 Å². The van der Waals surface area contributed by atoms with E-state index >= 15 is 0 Å². The van der Waals surface area contributed by atoms with Gasteiger partial charge in [-0.05, 0) is 43.2 Å². The number of halogens is 1. The number of amidine groups is 1. The summed E-state index contributed by atoms with van der Waals surface area (Å²) in [7, 11) is 0. The van der Waals surface area contributed by atoms with Crippen LogP contribution in [0.15, 0.2) is 92.4 Å². The van der Waals surface area contributed by atoms with Gasteiger partial charge >= 0.3 is 0 Å². The number of rotatable bonds is 7. The summed E-state index contributed by atoms with van der Waals surface area (Å²) in [4.78, 5) is 14.5. The predicted octanol–water partition coefficient (Wildman–Crippen LogP) is 6.08. The number of nitrogens with zero attached hydrogens (tertiary/aromatic N) is 3. The Hall–Kier alpha value is -2.90. The Morgan fingerprint density at radius 1 is 1.12 bits per heavy atom. The van der Waals surface area contributed by atoms with Crippen LogP contribution in [0.25, 0.3) is 11.3 Å². The minimum absolute atomic E-state index is 0.0277. The third-order valence-electron chi connectivity index (χ3n) is 4.96. The molecule has 0 radical (unpaired) electrons. The van der Waals surface area contributed by atoms with Gasteiger partial charge in [-0.1, -0.05) is 75.7 Å². The van der Waals surface area contributed by atoms with E-state index in [1.165, 1.54) is 17.3 Å². The van der Waals surface area contributed by atoms with Gasteiger partial charge in [-0.25, -0.2) is 0 Å². The van der Waals surface area contributed by atoms with Crippen molar-refractivity contribution in [2.45, 2.75) is 18.6 Å². The number of carbonyl (C=O) groups is 1. The highest BCUT2D eigenvalue weighted by atomic mass is 79.9. The molecule has 5 nitrogen and oxygen atoms in total. The molecule has 0 aliphatic carbocycles. The minimum Gasteiger partial charge on any atom is -0.455 e. The molecule has 0 bridgehead atoms. The smallest absolute Gasteiger partial charge is 0.242 e. The zero-order valence-electron chi connectivity index (χ0n) is 17.6. The lowest BCUT2D eigenvalue weighted by Gasteiger charge is -2.12. The topological polar surface area (TPSA) is 58.2 Å². The number of furan rings is 1. The summed E-state index contributed by atoms with van der Waals surface area (Å²) in [5.41, 5.74) is 3.30. The standard InChI is InChI=1S/C25H22BrN3O2S/c1-3-14-29-24(30)23(15-18-6-4-17(2)5-7-18)32-25(29)28-27-16-21-12-13-22(31-21)19-8-10-20(26)11-9-19/h3-13,16,23H,1,14-15H2,2H3/b27-16+,28-25-. The summed E-state index contributed by atoms with van der Waals surface area (Å²) >= 11 is 4.87. The van der Waals surface area contributed by atoms with Crippen molar-refractivity contribution in [2.75, 3.05) is 6.54 Å². The van der Waals surface area contributed by atoms with Gasteiger partial charge in [-0.3, -0.25) is 9.69 Å². The molecular formula is C25H22BrN3O2S. The third kappa shape index (κ3) is 5.29. The summed E-state index contributed by atoms with van der Waals surface area (Å²) in [5, 5.41) is 8.84. The molecule has 0 N–H and O–H groups in total. The fourth-order valence-corrected chi connectivity index (χ4v) is 4.69. The number of carbonyl (C=O) groups excluding carboxylic acids is 1. The van der Waals surface area contributed by atoms with E-state index in [1.54, 1.807) is 17.2 Å². The summed E-state index contributed by atoms with van der Waals surface area (Å²) in [6.07, 6.45) is 3.90. The van der Waals surface area contributed by atoms with Crippen LogP contribution in [0.5, 0.6) is 0 Å². The zero-order valence-corrected chi connectivity index (χ0v) is 20.0. The molecule has 7 heteroatoms. The van der Waals surface area contributed by atoms with Crippen molar-refractivity contribution in [1.82, 2.24) is 4.90 Å². The molecule has 1 aliphatic rings. The van der Waals surface area contributed by atoms with E-state index in [-0.39, 0.29) is 11.2 Å². The van der Waals surface area contributed by atoms with Gasteiger partial charge in [0.1, 0.15) is 11.5 Å². The SMILES string of the molecule is C=CCN1C(=O)C(Cc2ccc(C)cc2)S/C1=N\N=C\c1ccc(-c2ccc(Br)cc2)o1.